The molecule has 0 fully saturated rings. The molecule has 3 aromatic rings. The van der Waals surface area contributed by atoms with Crippen molar-refractivity contribution in [1.82, 2.24) is 19.3 Å². The third-order valence-electron chi connectivity index (χ3n) is 3.80. The molecule has 1 aromatic carbocycles. The summed E-state index contributed by atoms with van der Waals surface area (Å²) in [6.45, 7) is 3.95. The Balaban J connectivity index is 2.01. The van der Waals surface area contributed by atoms with E-state index in [1.54, 1.807) is 0 Å². The molecule has 0 spiro atoms. The molecule has 0 bridgehead atoms. The van der Waals surface area contributed by atoms with Gasteiger partial charge < -0.3 is 9.88 Å². The fourth-order valence-corrected chi connectivity index (χ4v) is 3.07. The number of rotatable bonds is 1. The van der Waals surface area contributed by atoms with Crippen LogP contribution in [0.1, 0.15) is 12.0 Å². The first kappa shape index (κ1) is 12.5. The Morgan fingerprint density at radius 2 is 2.24 bits per heavy atom. The van der Waals surface area contributed by atoms with Crippen LogP contribution in [-0.4, -0.2) is 25.9 Å². The fourth-order valence-electron chi connectivity index (χ4n) is 2.80. The fraction of sp³-hybridized carbons (Fsp3) is 0.267. The smallest absolute Gasteiger partial charge is 0.203 e. The van der Waals surface area contributed by atoms with Crippen molar-refractivity contribution in [2.75, 3.05) is 11.9 Å². The number of nitrogens with one attached hydrogen (secondary N) is 1. The van der Waals surface area contributed by atoms with Gasteiger partial charge in [-0.15, -0.1) is 0 Å². The highest BCUT2D eigenvalue weighted by atomic mass is 32.1. The quantitative estimate of drug-likeness (QED) is 0.701. The maximum Gasteiger partial charge on any atom is 0.203 e. The number of anilines is 1. The molecular weight excluding hydrogens is 282 g/mol. The molecule has 3 heterocycles. The Hall–Kier alpha value is -2.21. The van der Waals surface area contributed by atoms with Crippen LogP contribution in [0.15, 0.2) is 30.5 Å². The Morgan fingerprint density at radius 1 is 1.33 bits per heavy atom. The Labute approximate surface area is 127 Å². The largest absolute Gasteiger partial charge is 0.371 e. The zero-order valence-corrected chi connectivity index (χ0v) is 12.5. The third-order valence-corrected chi connectivity index (χ3v) is 4.11. The van der Waals surface area contributed by atoms with E-state index in [0.717, 1.165) is 42.0 Å². The van der Waals surface area contributed by atoms with Gasteiger partial charge in [0.15, 0.2) is 5.65 Å². The second-order valence-electron chi connectivity index (χ2n) is 5.31. The average Bonchev–Trinajstić information content (AvgIpc) is 2.91. The first-order chi connectivity index (χ1) is 10.2. The van der Waals surface area contributed by atoms with Gasteiger partial charge in [-0.1, -0.05) is 12.1 Å². The van der Waals surface area contributed by atoms with Gasteiger partial charge in [-0.3, -0.25) is 0 Å². The minimum absolute atomic E-state index is 0.610. The van der Waals surface area contributed by atoms with E-state index in [0.29, 0.717) is 4.77 Å². The standard InChI is InChI=1S/C15H15N5S/c1-10-4-2-5-11(8-10)20-14-12(9-17-20)13-16-6-3-7-19(13)15(21)18-14/h2,4-5,8-9,16H,3,6-7H2,1H3. The lowest BCUT2D eigenvalue weighted by atomic mass is 10.2. The molecule has 6 heteroatoms. The number of aryl methyl sites for hydroxylation is 1. The predicted octanol–water partition coefficient (Wildman–Crippen LogP) is 3.08. The van der Waals surface area contributed by atoms with Crippen LogP contribution in [0, 0.1) is 11.7 Å². The number of aromatic nitrogens is 4. The minimum Gasteiger partial charge on any atom is -0.371 e. The molecular formula is C15H15N5S. The highest BCUT2D eigenvalue weighted by molar-refractivity contribution is 7.71. The van der Waals surface area contributed by atoms with E-state index in [1.807, 2.05) is 23.0 Å². The van der Waals surface area contributed by atoms with E-state index in [4.69, 9.17) is 12.2 Å². The Morgan fingerprint density at radius 3 is 3.10 bits per heavy atom. The molecule has 106 valence electrons. The molecule has 2 aromatic heterocycles. The summed E-state index contributed by atoms with van der Waals surface area (Å²) in [6, 6.07) is 8.22. The Bertz CT molecular complexity index is 893. The van der Waals surface area contributed by atoms with Crippen LogP contribution in [0.2, 0.25) is 0 Å². The lowest BCUT2D eigenvalue weighted by molar-refractivity contribution is 0.612. The Kier molecular flexibility index (Phi) is 2.78. The molecule has 0 aliphatic carbocycles. The van der Waals surface area contributed by atoms with Gasteiger partial charge >= 0.3 is 0 Å². The van der Waals surface area contributed by atoms with Crippen molar-refractivity contribution in [3.05, 3.63) is 40.8 Å². The lowest BCUT2D eigenvalue weighted by Gasteiger charge is -2.21. The van der Waals surface area contributed by atoms with Crippen LogP contribution >= 0.6 is 12.2 Å². The van der Waals surface area contributed by atoms with Crippen LogP contribution in [0.4, 0.5) is 5.82 Å². The maximum atomic E-state index is 5.44. The number of hydrogen-bond donors (Lipinski definition) is 1. The highest BCUT2D eigenvalue weighted by Crippen LogP contribution is 2.26. The molecule has 0 radical (unpaired) electrons. The average molecular weight is 297 g/mol. The summed E-state index contributed by atoms with van der Waals surface area (Å²) < 4.78 is 4.53. The normalized spacial score (nSPS) is 14.0. The number of fused-ring (bicyclic) bond motifs is 3. The molecule has 1 aliphatic heterocycles. The van der Waals surface area contributed by atoms with Gasteiger partial charge in [0.1, 0.15) is 5.82 Å². The van der Waals surface area contributed by atoms with Crippen molar-refractivity contribution >= 4 is 29.1 Å². The second kappa shape index (κ2) is 4.66. The van der Waals surface area contributed by atoms with Crippen molar-refractivity contribution in [2.45, 2.75) is 19.9 Å². The van der Waals surface area contributed by atoms with Gasteiger partial charge in [0.2, 0.25) is 4.77 Å². The van der Waals surface area contributed by atoms with Crippen molar-refractivity contribution in [3.63, 3.8) is 0 Å². The topological polar surface area (TPSA) is 47.7 Å². The van der Waals surface area contributed by atoms with Crippen molar-refractivity contribution in [1.29, 1.82) is 0 Å². The molecule has 0 amide bonds. The molecule has 1 aliphatic rings. The summed E-state index contributed by atoms with van der Waals surface area (Å²) in [5.41, 5.74) is 3.01. The van der Waals surface area contributed by atoms with Gasteiger partial charge in [-0.25, -0.2) is 4.68 Å². The van der Waals surface area contributed by atoms with Crippen LogP contribution in [0.25, 0.3) is 16.7 Å². The summed E-state index contributed by atoms with van der Waals surface area (Å²) in [5.74, 6) is 1.04. The summed E-state index contributed by atoms with van der Waals surface area (Å²) in [5, 5.41) is 8.95. The summed E-state index contributed by atoms with van der Waals surface area (Å²) in [4.78, 5) is 4.59. The van der Waals surface area contributed by atoms with Gasteiger partial charge in [0, 0.05) is 13.1 Å². The zero-order valence-electron chi connectivity index (χ0n) is 11.7. The van der Waals surface area contributed by atoms with Crippen molar-refractivity contribution < 1.29 is 0 Å². The SMILES string of the molecule is Cc1cccc(-n2ncc3c4n(c(=S)nc32)CCCN4)c1. The maximum absolute atomic E-state index is 5.44. The van der Waals surface area contributed by atoms with E-state index in [-0.39, 0.29) is 0 Å². The third kappa shape index (κ3) is 1.94. The highest BCUT2D eigenvalue weighted by Gasteiger charge is 2.17. The monoisotopic (exact) mass is 297 g/mol. The van der Waals surface area contributed by atoms with E-state index in [2.05, 4.69) is 39.0 Å². The van der Waals surface area contributed by atoms with Crippen LogP contribution in [0.3, 0.4) is 0 Å². The van der Waals surface area contributed by atoms with Crippen molar-refractivity contribution in [3.8, 4) is 5.69 Å². The van der Waals surface area contributed by atoms with Crippen LogP contribution in [-0.2, 0) is 6.54 Å². The van der Waals surface area contributed by atoms with Crippen LogP contribution < -0.4 is 5.32 Å². The van der Waals surface area contributed by atoms with Crippen molar-refractivity contribution in [2.24, 2.45) is 0 Å². The first-order valence-corrected chi connectivity index (χ1v) is 7.44. The minimum atomic E-state index is 0.610. The van der Waals surface area contributed by atoms with Gasteiger partial charge in [-0.2, -0.15) is 10.1 Å². The molecule has 4 rings (SSSR count). The van der Waals surface area contributed by atoms with Crippen LogP contribution in [0.5, 0.6) is 0 Å². The van der Waals surface area contributed by atoms with E-state index in [1.165, 1.54) is 5.56 Å². The number of hydrogen-bond acceptors (Lipinski definition) is 4. The van der Waals surface area contributed by atoms with Gasteiger partial charge in [0.05, 0.1) is 17.3 Å². The molecule has 0 unspecified atom stereocenters. The van der Waals surface area contributed by atoms with Gasteiger partial charge in [-0.05, 0) is 43.3 Å². The zero-order chi connectivity index (χ0) is 14.4. The lowest BCUT2D eigenvalue weighted by Crippen LogP contribution is -2.20. The van der Waals surface area contributed by atoms with E-state index < -0.39 is 0 Å². The second-order valence-corrected chi connectivity index (χ2v) is 5.67. The molecule has 1 N–H and O–H groups in total. The molecule has 0 saturated carbocycles. The van der Waals surface area contributed by atoms with E-state index in [9.17, 15) is 0 Å². The molecule has 5 nitrogen and oxygen atoms in total. The number of benzene rings is 1. The van der Waals surface area contributed by atoms with Gasteiger partial charge in [0.25, 0.3) is 0 Å². The van der Waals surface area contributed by atoms with E-state index >= 15 is 0 Å². The molecule has 21 heavy (non-hydrogen) atoms. The number of nitrogens with zero attached hydrogens (tertiary/aromatic N) is 4. The first-order valence-electron chi connectivity index (χ1n) is 7.03. The predicted molar refractivity (Wildman–Crippen MR) is 85.5 cm³/mol. The summed E-state index contributed by atoms with van der Waals surface area (Å²) >= 11 is 5.44. The summed E-state index contributed by atoms with van der Waals surface area (Å²) in [6.07, 6.45) is 2.93. The molecule has 0 atom stereocenters. The summed E-state index contributed by atoms with van der Waals surface area (Å²) in [7, 11) is 0. The molecule has 0 saturated heterocycles.